The molecule has 2 N–H and O–H groups in total. The highest BCUT2D eigenvalue weighted by Gasteiger charge is 2.28. The molecule has 1 fully saturated rings. The SMILES string of the molecule is Cc1ncccc1C(=O)NC1CC(O)C1. The van der Waals surface area contributed by atoms with Crippen molar-refractivity contribution in [2.24, 2.45) is 0 Å². The molecule has 0 radical (unpaired) electrons. The molecule has 0 atom stereocenters. The molecule has 2 rings (SSSR count). The van der Waals surface area contributed by atoms with Crippen LogP contribution < -0.4 is 5.32 Å². The van der Waals surface area contributed by atoms with Crippen LogP contribution in [0.2, 0.25) is 0 Å². The molecule has 1 amide bonds. The van der Waals surface area contributed by atoms with Crippen LogP contribution in [0.15, 0.2) is 18.3 Å². The van der Waals surface area contributed by atoms with Crippen molar-refractivity contribution in [2.45, 2.75) is 31.9 Å². The van der Waals surface area contributed by atoms with Gasteiger partial charge < -0.3 is 10.4 Å². The van der Waals surface area contributed by atoms with Crippen molar-refractivity contribution in [1.82, 2.24) is 10.3 Å². The van der Waals surface area contributed by atoms with Gasteiger partial charge in [-0.15, -0.1) is 0 Å². The number of nitrogens with zero attached hydrogens (tertiary/aromatic N) is 1. The molecular weight excluding hydrogens is 192 g/mol. The largest absolute Gasteiger partial charge is 0.393 e. The average Bonchev–Trinajstić information content (AvgIpc) is 2.16. The summed E-state index contributed by atoms with van der Waals surface area (Å²) in [5, 5.41) is 12.0. The summed E-state index contributed by atoms with van der Waals surface area (Å²) in [7, 11) is 0. The Kier molecular flexibility index (Phi) is 2.68. The number of aliphatic hydroxyl groups is 1. The van der Waals surface area contributed by atoms with Crippen molar-refractivity contribution in [1.29, 1.82) is 0 Å². The van der Waals surface area contributed by atoms with E-state index in [2.05, 4.69) is 10.3 Å². The molecule has 1 aliphatic rings. The molecule has 15 heavy (non-hydrogen) atoms. The van der Waals surface area contributed by atoms with Gasteiger partial charge in [-0.25, -0.2) is 0 Å². The van der Waals surface area contributed by atoms with Crippen LogP contribution in [0.25, 0.3) is 0 Å². The van der Waals surface area contributed by atoms with Gasteiger partial charge >= 0.3 is 0 Å². The minimum atomic E-state index is -0.245. The predicted molar refractivity (Wildman–Crippen MR) is 55.5 cm³/mol. The zero-order valence-corrected chi connectivity index (χ0v) is 8.60. The Morgan fingerprint density at radius 2 is 2.33 bits per heavy atom. The summed E-state index contributed by atoms with van der Waals surface area (Å²) < 4.78 is 0. The van der Waals surface area contributed by atoms with Crippen molar-refractivity contribution >= 4 is 5.91 Å². The number of rotatable bonds is 2. The highest BCUT2D eigenvalue weighted by atomic mass is 16.3. The third-order valence-electron chi connectivity index (χ3n) is 2.70. The number of nitrogens with one attached hydrogen (secondary N) is 1. The number of aromatic nitrogens is 1. The number of hydrogen-bond donors (Lipinski definition) is 2. The Bertz CT molecular complexity index is 373. The van der Waals surface area contributed by atoms with E-state index in [1.165, 1.54) is 0 Å². The first kappa shape index (κ1) is 10.1. The van der Waals surface area contributed by atoms with Crippen LogP contribution in [0.1, 0.15) is 28.9 Å². The van der Waals surface area contributed by atoms with E-state index >= 15 is 0 Å². The fourth-order valence-electron chi connectivity index (χ4n) is 1.69. The van der Waals surface area contributed by atoms with Gasteiger partial charge in [-0.3, -0.25) is 9.78 Å². The zero-order valence-electron chi connectivity index (χ0n) is 8.60. The maximum Gasteiger partial charge on any atom is 0.253 e. The molecule has 1 heterocycles. The van der Waals surface area contributed by atoms with Crippen LogP contribution in [-0.4, -0.2) is 28.1 Å². The maximum absolute atomic E-state index is 11.7. The standard InChI is InChI=1S/C11H14N2O2/c1-7-10(3-2-4-12-7)11(15)13-8-5-9(14)6-8/h2-4,8-9,14H,5-6H2,1H3,(H,13,15). The predicted octanol–water partition coefficient (Wildman–Crippen LogP) is 0.643. The van der Waals surface area contributed by atoms with Gasteiger partial charge in [0, 0.05) is 17.9 Å². The van der Waals surface area contributed by atoms with Gasteiger partial charge in [0.1, 0.15) is 0 Å². The van der Waals surface area contributed by atoms with E-state index in [1.807, 2.05) is 6.92 Å². The second kappa shape index (κ2) is 3.98. The van der Waals surface area contributed by atoms with E-state index in [9.17, 15) is 4.79 Å². The third kappa shape index (κ3) is 2.15. The normalized spacial score (nSPS) is 24.4. The molecule has 1 aromatic heterocycles. The van der Waals surface area contributed by atoms with Gasteiger partial charge in [-0.05, 0) is 31.9 Å². The molecule has 4 heteroatoms. The van der Waals surface area contributed by atoms with Crippen molar-refractivity contribution in [3.8, 4) is 0 Å². The van der Waals surface area contributed by atoms with Gasteiger partial charge in [-0.2, -0.15) is 0 Å². The average molecular weight is 206 g/mol. The van der Waals surface area contributed by atoms with Crippen molar-refractivity contribution in [2.75, 3.05) is 0 Å². The van der Waals surface area contributed by atoms with E-state index < -0.39 is 0 Å². The lowest BCUT2D eigenvalue weighted by molar-refractivity contribution is 0.0562. The van der Waals surface area contributed by atoms with Crippen molar-refractivity contribution in [3.63, 3.8) is 0 Å². The van der Waals surface area contributed by atoms with Crippen LogP contribution in [0.5, 0.6) is 0 Å². The summed E-state index contributed by atoms with van der Waals surface area (Å²) in [6, 6.07) is 3.62. The topological polar surface area (TPSA) is 62.2 Å². The second-order valence-electron chi connectivity index (χ2n) is 3.93. The van der Waals surface area contributed by atoms with Crippen molar-refractivity contribution < 1.29 is 9.90 Å². The summed E-state index contributed by atoms with van der Waals surface area (Å²) in [5.74, 6) is -0.0995. The van der Waals surface area contributed by atoms with Crippen molar-refractivity contribution in [3.05, 3.63) is 29.6 Å². The number of carbonyl (C=O) groups is 1. The number of amides is 1. The van der Waals surface area contributed by atoms with Gasteiger partial charge in [0.15, 0.2) is 0 Å². The summed E-state index contributed by atoms with van der Waals surface area (Å²) in [4.78, 5) is 15.8. The van der Waals surface area contributed by atoms with Crippen LogP contribution >= 0.6 is 0 Å². The van der Waals surface area contributed by atoms with E-state index in [0.29, 0.717) is 18.4 Å². The molecule has 0 aliphatic heterocycles. The van der Waals surface area contributed by atoms with Gasteiger partial charge in [-0.1, -0.05) is 0 Å². The van der Waals surface area contributed by atoms with Crippen LogP contribution in [-0.2, 0) is 0 Å². The van der Waals surface area contributed by atoms with Crippen LogP contribution in [0.4, 0.5) is 0 Å². The summed E-state index contributed by atoms with van der Waals surface area (Å²) in [6.07, 6.45) is 2.74. The number of carbonyl (C=O) groups excluding carboxylic acids is 1. The Hall–Kier alpha value is -1.42. The highest BCUT2D eigenvalue weighted by Crippen LogP contribution is 2.19. The Morgan fingerprint density at radius 3 is 2.93 bits per heavy atom. The van der Waals surface area contributed by atoms with E-state index in [4.69, 9.17) is 5.11 Å². The number of hydrogen-bond acceptors (Lipinski definition) is 3. The molecule has 0 aromatic carbocycles. The maximum atomic E-state index is 11.7. The molecule has 0 spiro atoms. The summed E-state index contributed by atoms with van der Waals surface area (Å²) >= 11 is 0. The van der Waals surface area contributed by atoms with Gasteiger partial charge in [0.25, 0.3) is 5.91 Å². The molecule has 1 aromatic rings. The van der Waals surface area contributed by atoms with E-state index in [1.54, 1.807) is 18.3 Å². The highest BCUT2D eigenvalue weighted by molar-refractivity contribution is 5.95. The Balaban J connectivity index is 1.99. The van der Waals surface area contributed by atoms with Crippen LogP contribution in [0, 0.1) is 6.92 Å². The first-order valence-corrected chi connectivity index (χ1v) is 5.07. The lowest BCUT2D eigenvalue weighted by Crippen LogP contribution is -2.46. The Labute approximate surface area is 88.3 Å². The monoisotopic (exact) mass is 206 g/mol. The molecule has 0 unspecified atom stereocenters. The summed E-state index contributed by atoms with van der Waals surface area (Å²) in [5.41, 5.74) is 1.34. The lowest BCUT2D eigenvalue weighted by atomic mass is 9.89. The van der Waals surface area contributed by atoms with Gasteiger partial charge in [0.2, 0.25) is 0 Å². The third-order valence-corrected chi connectivity index (χ3v) is 2.70. The molecule has 0 bridgehead atoms. The first-order chi connectivity index (χ1) is 7.16. The molecule has 1 aliphatic carbocycles. The number of pyridine rings is 1. The smallest absolute Gasteiger partial charge is 0.253 e. The number of aryl methyl sites for hydroxylation is 1. The summed E-state index contributed by atoms with van der Waals surface area (Å²) in [6.45, 7) is 1.81. The van der Waals surface area contributed by atoms with Crippen LogP contribution in [0.3, 0.4) is 0 Å². The molecule has 0 saturated heterocycles. The fourth-order valence-corrected chi connectivity index (χ4v) is 1.69. The lowest BCUT2D eigenvalue weighted by Gasteiger charge is -2.32. The molecular formula is C11H14N2O2. The quantitative estimate of drug-likeness (QED) is 0.746. The zero-order chi connectivity index (χ0) is 10.8. The minimum absolute atomic E-state index is 0.0995. The van der Waals surface area contributed by atoms with Gasteiger partial charge in [0.05, 0.1) is 11.7 Å². The fraction of sp³-hybridized carbons (Fsp3) is 0.455. The molecule has 80 valence electrons. The second-order valence-corrected chi connectivity index (χ2v) is 3.93. The van der Waals surface area contributed by atoms with E-state index in [0.717, 1.165) is 5.69 Å². The van der Waals surface area contributed by atoms with E-state index in [-0.39, 0.29) is 18.1 Å². The Morgan fingerprint density at radius 1 is 1.60 bits per heavy atom. The first-order valence-electron chi connectivity index (χ1n) is 5.07. The molecule has 4 nitrogen and oxygen atoms in total. The minimum Gasteiger partial charge on any atom is -0.393 e. The molecule has 1 saturated carbocycles. The number of aliphatic hydroxyl groups excluding tert-OH is 1.